The van der Waals surface area contributed by atoms with E-state index < -0.39 is 0 Å². The summed E-state index contributed by atoms with van der Waals surface area (Å²) >= 11 is 0. The average Bonchev–Trinajstić information content (AvgIpc) is 1.96. The van der Waals surface area contributed by atoms with Crippen molar-refractivity contribution in [3.63, 3.8) is 0 Å². The molecule has 0 aromatic heterocycles. The Bertz CT molecular complexity index is 11.9. The fraction of sp³-hybridized carbons (Fsp3) is 0.714. The zero-order chi connectivity index (χ0) is 7.41. The SMILES string of the molecule is C=C.CCCC.CO. The van der Waals surface area contributed by atoms with Gasteiger partial charge in [-0.1, -0.05) is 26.7 Å². The summed E-state index contributed by atoms with van der Waals surface area (Å²) in [5.74, 6) is 0. The molecule has 0 saturated carbocycles. The predicted molar refractivity (Wildman–Crippen MR) is 40.0 cm³/mol. The van der Waals surface area contributed by atoms with Crippen molar-refractivity contribution in [1.29, 1.82) is 0 Å². The molecule has 1 heteroatoms. The second kappa shape index (κ2) is 75.3. The summed E-state index contributed by atoms with van der Waals surface area (Å²) in [4.78, 5) is 0. The van der Waals surface area contributed by atoms with E-state index in [1.165, 1.54) is 12.8 Å². The molecule has 0 unspecified atom stereocenters. The number of hydrogen-bond acceptors (Lipinski definition) is 1. The molecule has 0 aromatic rings. The minimum absolute atomic E-state index is 1.00. The van der Waals surface area contributed by atoms with Gasteiger partial charge < -0.3 is 5.11 Å². The van der Waals surface area contributed by atoms with Gasteiger partial charge in [0.25, 0.3) is 0 Å². The van der Waals surface area contributed by atoms with Crippen LogP contribution in [0.3, 0.4) is 0 Å². The summed E-state index contributed by atoms with van der Waals surface area (Å²) in [6.07, 6.45) is 2.64. The number of aliphatic hydroxyl groups is 1. The molecule has 1 nitrogen and oxygen atoms in total. The van der Waals surface area contributed by atoms with Gasteiger partial charge in [0, 0.05) is 7.11 Å². The average molecular weight is 118 g/mol. The van der Waals surface area contributed by atoms with Crippen LogP contribution in [0.4, 0.5) is 0 Å². The van der Waals surface area contributed by atoms with Gasteiger partial charge in [-0.05, 0) is 0 Å². The number of hydrogen-bond donors (Lipinski definition) is 1. The highest BCUT2D eigenvalue weighted by Gasteiger charge is 1.56. The Morgan fingerprint density at radius 1 is 1.00 bits per heavy atom. The predicted octanol–water partition coefficient (Wildman–Crippen LogP) is 2.22. The second-order valence-electron chi connectivity index (χ2n) is 1.000. The van der Waals surface area contributed by atoms with Crippen LogP contribution in [0, 0.1) is 0 Å². The van der Waals surface area contributed by atoms with E-state index in [-0.39, 0.29) is 0 Å². The fourth-order valence-corrected chi connectivity index (χ4v) is 0. The number of unbranched alkanes of at least 4 members (excludes halogenated alkanes) is 1. The molecule has 0 spiro atoms. The van der Waals surface area contributed by atoms with Crippen LogP contribution < -0.4 is 0 Å². The van der Waals surface area contributed by atoms with Crippen molar-refractivity contribution in [2.75, 3.05) is 7.11 Å². The van der Waals surface area contributed by atoms with Gasteiger partial charge in [0.2, 0.25) is 0 Å². The first-order valence-corrected chi connectivity index (χ1v) is 2.86. The zero-order valence-electron chi connectivity index (χ0n) is 6.28. The third-order valence-electron chi connectivity index (χ3n) is 0.500. The molecule has 0 rings (SSSR count). The van der Waals surface area contributed by atoms with Crippen LogP contribution in [-0.4, -0.2) is 12.2 Å². The molecule has 0 fully saturated rings. The second-order valence-corrected chi connectivity index (χ2v) is 1.000. The standard InChI is InChI=1S/C4H10.C2H4.CH4O/c1-3-4-2;2*1-2/h3-4H2,1-2H3;1-2H2;2H,1H3. The first-order chi connectivity index (χ1) is 3.91. The molecule has 0 heterocycles. The van der Waals surface area contributed by atoms with Gasteiger partial charge in [-0.15, -0.1) is 13.2 Å². The van der Waals surface area contributed by atoms with Crippen LogP contribution in [0.25, 0.3) is 0 Å². The minimum Gasteiger partial charge on any atom is -0.400 e. The quantitative estimate of drug-likeness (QED) is 0.523. The van der Waals surface area contributed by atoms with Crippen molar-refractivity contribution < 1.29 is 5.11 Å². The molecule has 0 aromatic carbocycles. The monoisotopic (exact) mass is 118 g/mol. The van der Waals surface area contributed by atoms with Crippen molar-refractivity contribution in [2.24, 2.45) is 0 Å². The Morgan fingerprint density at radius 3 is 1.12 bits per heavy atom. The lowest BCUT2D eigenvalue weighted by Crippen LogP contribution is -1.47. The summed E-state index contributed by atoms with van der Waals surface area (Å²) in [5.41, 5.74) is 0. The molecule has 52 valence electrons. The van der Waals surface area contributed by atoms with Gasteiger partial charge in [0.05, 0.1) is 0 Å². The number of rotatable bonds is 1. The highest BCUT2D eigenvalue weighted by molar-refractivity contribution is 4.22. The Morgan fingerprint density at radius 2 is 1.12 bits per heavy atom. The summed E-state index contributed by atoms with van der Waals surface area (Å²) in [7, 11) is 1.00. The van der Waals surface area contributed by atoms with E-state index in [4.69, 9.17) is 5.11 Å². The van der Waals surface area contributed by atoms with Crippen LogP contribution in [0.5, 0.6) is 0 Å². The minimum atomic E-state index is 1.00. The lowest BCUT2D eigenvalue weighted by molar-refractivity contribution is 0.399. The third kappa shape index (κ3) is 257. The van der Waals surface area contributed by atoms with Gasteiger partial charge >= 0.3 is 0 Å². The van der Waals surface area contributed by atoms with Crippen LogP contribution in [0.1, 0.15) is 26.7 Å². The van der Waals surface area contributed by atoms with Crippen molar-refractivity contribution in [1.82, 2.24) is 0 Å². The van der Waals surface area contributed by atoms with Crippen molar-refractivity contribution in [3.8, 4) is 0 Å². The highest BCUT2D eigenvalue weighted by atomic mass is 16.2. The molecule has 0 bridgehead atoms. The van der Waals surface area contributed by atoms with Gasteiger partial charge in [-0.3, -0.25) is 0 Å². The molecule has 0 aliphatic carbocycles. The first-order valence-electron chi connectivity index (χ1n) is 2.86. The van der Waals surface area contributed by atoms with Crippen molar-refractivity contribution in [2.45, 2.75) is 26.7 Å². The molecular formula is C7H18O. The topological polar surface area (TPSA) is 20.2 Å². The van der Waals surface area contributed by atoms with E-state index in [2.05, 4.69) is 27.0 Å². The van der Waals surface area contributed by atoms with Crippen LogP contribution in [-0.2, 0) is 0 Å². The zero-order valence-corrected chi connectivity index (χ0v) is 6.28. The van der Waals surface area contributed by atoms with Crippen LogP contribution >= 0.6 is 0 Å². The molecule has 0 amide bonds. The van der Waals surface area contributed by atoms with E-state index >= 15 is 0 Å². The summed E-state index contributed by atoms with van der Waals surface area (Å²) < 4.78 is 0. The molecule has 1 N–H and O–H groups in total. The lowest BCUT2D eigenvalue weighted by atomic mass is 10.4. The molecular weight excluding hydrogens is 100 g/mol. The van der Waals surface area contributed by atoms with E-state index in [0.29, 0.717) is 0 Å². The highest BCUT2D eigenvalue weighted by Crippen LogP contribution is 1.76. The van der Waals surface area contributed by atoms with E-state index in [1.54, 1.807) is 0 Å². The molecule has 8 heavy (non-hydrogen) atoms. The third-order valence-corrected chi connectivity index (χ3v) is 0.500. The smallest absolute Gasteiger partial charge is 0.0319 e. The molecule has 0 atom stereocenters. The maximum absolute atomic E-state index is 7.00. The van der Waals surface area contributed by atoms with Gasteiger partial charge in [-0.25, -0.2) is 0 Å². The largest absolute Gasteiger partial charge is 0.400 e. The lowest BCUT2D eigenvalue weighted by Gasteiger charge is -1.68. The van der Waals surface area contributed by atoms with E-state index in [0.717, 1.165) is 7.11 Å². The van der Waals surface area contributed by atoms with E-state index in [1.807, 2.05) is 0 Å². The molecule has 0 saturated heterocycles. The van der Waals surface area contributed by atoms with Gasteiger partial charge in [0.15, 0.2) is 0 Å². The maximum atomic E-state index is 7.00. The van der Waals surface area contributed by atoms with Crippen LogP contribution in [0.2, 0.25) is 0 Å². The molecule has 0 aliphatic rings. The Labute approximate surface area is 53.0 Å². The van der Waals surface area contributed by atoms with Crippen molar-refractivity contribution >= 4 is 0 Å². The van der Waals surface area contributed by atoms with E-state index in [9.17, 15) is 0 Å². The summed E-state index contributed by atoms with van der Waals surface area (Å²) in [6, 6.07) is 0. The number of aliphatic hydroxyl groups excluding tert-OH is 1. The Balaban J connectivity index is -0.0000000542. The van der Waals surface area contributed by atoms with Gasteiger partial charge in [-0.2, -0.15) is 0 Å². The normalized spacial score (nSPS) is 5.00. The Kier molecular flexibility index (Phi) is 147. The molecule has 0 aliphatic heterocycles. The fourth-order valence-electron chi connectivity index (χ4n) is 0. The first kappa shape index (κ1) is 15.6. The van der Waals surface area contributed by atoms with Crippen LogP contribution in [0.15, 0.2) is 13.2 Å². The van der Waals surface area contributed by atoms with Crippen molar-refractivity contribution in [3.05, 3.63) is 13.2 Å². The maximum Gasteiger partial charge on any atom is 0.0319 e. The van der Waals surface area contributed by atoms with Gasteiger partial charge in [0.1, 0.15) is 0 Å². The summed E-state index contributed by atoms with van der Waals surface area (Å²) in [6.45, 7) is 10.4. The molecule has 0 radical (unpaired) electrons. The Hall–Kier alpha value is -0.300. The summed E-state index contributed by atoms with van der Waals surface area (Å²) in [5, 5.41) is 7.00.